The van der Waals surface area contributed by atoms with E-state index in [2.05, 4.69) is 52.9 Å². The maximum Gasteiger partial charge on any atom is 0.344 e. The molecule has 42 heavy (non-hydrogen) atoms. The molecular formula is C36H54O5Si. The van der Waals surface area contributed by atoms with Gasteiger partial charge in [-0.3, -0.25) is 0 Å². The molecule has 2 aliphatic carbocycles. The molecule has 1 N–H and O–H groups in total. The summed E-state index contributed by atoms with van der Waals surface area (Å²) in [6.07, 6.45) is 9.27. The van der Waals surface area contributed by atoms with E-state index in [1.165, 1.54) is 24.0 Å². The zero-order valence-corrected chi connectivity index (χ0v) is 27.9. The summed E-state index contributed by atoms with van der Waals surface area (Å²) in [4.78, 5) is 12.5. The molecule has 0 radical (unpaired) electrons. The number of carbonyl (C=O) groups excluding carboxylic acids is 1. The molecular weight excluding hydrogens is 540 g/mol. The Kier molecular flexibility index (Phi) is 11.3. The van der Waals surface area contributed by atoms with E-state index in [9.17, 15) is 9.90 Å². The lowest BCUT2D eigenvalue weighted by Crippen LogP contribution is -2.45. The summed E-state index contributed by atoms with van der Waals surface area (Å²) in [5.41, 5.74) is 3.53. The molecule has 1 fully saturated rings. The first-order chi connectivity index (χ1) is 20.0. The molecule has 4 unspecified atom stereocenters. The van der Waals surface area contributed by atoms with Crippen molar-refractivity contribution in [2.45, 2.75) is 122 Å². The van der Waals surface area contributed by atoms with Crippen molar-refractivity contribution in [2.75, 3.05) is 6.61 Å². The SMILES string of the molecule is CCCCCC(O)CCC1C2Cc3cccc(OCC(=O)OCc4ccccc4)c3CC2C[C@@H]1O[Si](C)(C)C(C)(C)C. The van der Waals surface area contributed by atoms with Gasteiger partial charge >= 0.3 is 5.97 Å². The molecule has 4 rings (SSSR count). The number of benzene rings is 2. The van der Waals surface area contributed by atoms with Gasteiger partial charge in [-0.05, 0) is 97.2 Å². The lowest BCUT2D eigenvalue weighted by Gasteiger charge is -2.40. The van der Waals surface area contributed by atoms with E-state index in [0.717, 1.165) is 56.3 Å². The Morgan fingerprint density at radius 1 is 1.02 bits per heavy atom. The highest BCUT2D eigenvalue weighted by Gasteiger charge is 2.49. The largest absolute Gasteiger partial charge is 0.482 e. The molecule has 0 saturated heterocycles. The summed E-state index contributed by atoms with van der Waals surface area (Å²) in [5, 5.41) is 11.0. The van der Waals surface area contributed by atoms with Crippen molar-refractivity contribution in [3.05, 3.63) is 65.2 Å². The molecule has 2 aromatic carbocycles. The third kappa shape index (κ3) is 8.48. The van der Waals surface area contributed by atoms with Gasteiger partial charge in [0.25, 0.3) is 0 Å². The highest BCUT2D eigenvalue weighted by atomic mass is 28.4. The smallest absolute Gasteiger partial charge is 0.344 e. The number of rotatable bonds is 14. The predicted molar refractivity (Wildman–Crippen MR) is 172 cm³/mol. The molecule has 0 aliphatic heterocycles. The predicted octanol–water partition coefficient (Wildman–Crippen LogP) is 8.27. The van der Waals surface area contributed by atoms with Crippen molar-refractivity contribution in [2.24, 2.45) is 17.8 Å². The van der Waals surface area contributed by atoms with Gasteiger partial charge in [0.15, 0.2) is 14.9 Å². The third-order valence-corrected chi connectivity index (χ3v) is 14.6. The summed E-state index contributed by atoms with van der Waals surface area (Å²) in [5.74, 6) is 1.96. The van der Waals surface area contributed by atoms with Gasteiger partial charge in [0.05, 0.1) is 6.10 Å². The van der Waals surface area contributed by atoms with Crippen LogP contribution in [-0.4, -0.2) is 38.2 Å². The molecule has 6 heteroatoms. The van der Waals surface area contributed by atoms with Crippen LogP contribution in [-0.2, 0) is 33.4 Å². The number of hydrogen-bond donors (Lipinski definition) is 1. The molecule has 5 nitrogen and oxygen atoms in total. The fourth-order valence-electron chi connectivity index (χ4n) is 6.68. The molecule has 1 saturated carbocycles. The van der Waals surface area contributed by atoms with Crippen LogP contribution in [0.3, 0.4) is 0 Å². The Morgan fingerprint density at radius 2 is 1.79 bits per heavy atom. The molecule has 0 bridgehead atoms. The minimum Gasteiger partial charge on any atom is -0.482 e. The minimum atomic E-state index is -1.95. The number of esters is 1. The van der Waals surface area contributed by atoms with Crippen LogP contribution in [0.25, 0.3) is 0 Å². The molecule has 232 valence electrons. The van der Waals surface area contributed by atoms with Crippen LogP contribution in [0, 0.1) is 17.8 Å². The first-order valence-electron chi connectivity index (χ1n) is 16.3. The molecule has 0 aromatic heterocycles. The Balaban J connectivity index is 1.44. The molecule has 2 aliphatic rings. The summed E-state index contributed by atoms with van der Waals surface area (Å²) in [7, 11) is -1.95. The van der Waals surface area contributed by atoms with Gasteiger partial charge in [0.2, 0.25) is 0 Å². The Morgan fingerprint density at radius 3 is 2.50 bits per heavy atom. The number of hydrogen-bond acceptors (Lipinski definition) is 5. The molecule has 2 aromatic rings. The third-order valence-electron chi connectivity index (χ3n) is 10.1. The van der Waals surface area contributed by atoms with E-state index in [0.29, 0.717) is 17.8 Å². The van der Waals surface area contributed by atoms with E-state index in [1.807, 2.05) is 36.4 Å². The molecule has 0 heterocycles. The average molecular weight is 595 g/mol. The minimum absolute atomic E-state index is 0.0902. The number of carbonyl (C=O) groups is 1. The quantitative estimate of drug-likeness (QED) is 0.135. The Labute approximate surface area is 255 Å². The van der Waals surface area contributed by atoms with Crippen molar-refractivity contribution in [1.82, 2.24) is 0 Å². The number of unbranched alkanes of at least 4 members (excludes halogenated alkanes) is 2. The first-order valence-corrected chi connectivity index (χ1v) is 19.2. The summed E-state index contributed by atoms with van der Waals surface area (Å²) < 4.78 is 18.7. The topological polar surface area (TPSA) is 65.0 Å². The average Bonchev–Trinajstić information content (AvgIpc) is 3.27. The maximum atomic E-state index is 12.5. The lowest BCUT2D eigenvalue weighted by molar-refractivity contribution is -0.147. The van der Waals surface area contributed by atoms with Gasteiger partial charge in [-0.2, -0.15) is 0 Å². The van der Waals surface area contributed by atoms with Gasteiger partial charge in [-0.25, -0.2) is 4.79 Å². The number of fused-ring (bicyclic) bond motifs is 2. The highest BCUT2D eigenvalue weighted by Crippen LogP contribution is 2.51. The Hall–Kier alpha value is -2.15. The highest BCUT2D eigenvalue weighted by molar-refractivity contribution is 6.74. The van der Waals surface area contributed by atoms with Gasteiger partial charge in [-0.1, -0.05) is 89.4 Å². The number of aliphatic hydroxyl groups is 1. The van der Waals surface area contributed by atoms with Crippen LogP contribution in [0.2, 0.25) is 18.1 Å². The second kappa shape index (κ2) is 14.5. The Bertz CT molecular complexity index is 1140. The number of aliphatic hydroxyl groups excluding tert-OH is 1. The van der Waals surface area contributed by atoms with Crippen molar-refractivity contribution >= 4 is 14.3 Å². The van der Waals surface area contributed by atoms with Crippen molar-refractivity contribution in [1.29, 1.82) is 0 Å². The standard InChI is InChI=1S/C36H54O5Si/c1-7-8-10-17-29(37)19-20-30-31-21-27-16-13-18-33(39-25-35(38)40-24-26-14-11-9-12-15-26)32(27)22-28(31)23-34(30)41-42(5,6)36(2,3)4/h9,11-16,18,28-31,34,37H,7-8,10,17,19-25H2,1-6H3/t28?,29?,30?,31?,34-/m0/s1. The van der Waals surface area contributed by atoms with E-state index >= 15 is 0 Å². The lowest BCUT2D eigenvalue weighted by atomic mass is 9.73. The van der Waals surface area contributed by atoms with Crippen LogP contribution in [0.5, 0.6) is 5.75 Å². The van der Waals surface area contributed by atoms with Gasteiger partial charge in [0, 0.05) is 6.10 Å². The van der Waals surface area contributed by atoms with Crippen LogP contribution in [0.15, 0.2) is 48.5 Å². The zero-order chi connectivity index (χ0) is 30.3. The van der Waals surface area contributed by atoms with Gasteiger partial charge in [0.1, 0.15) is 12.4 Å². The van der Waals surface area contributed by atoms with Crippen LogP contribution < -0.4 is 4.74 Å². The van der Waals surface area contributed by atoms with Crippen LogP contribution in [0.1, 0.15) is 89.3 Å². The monoisotopic (exact) mass is 594 g/mol. The van der Waals surface area contributed by atoms with Crippen molar-refractivity contribution < 1.29 is 23.8 Å². The fraction of sp³-hybridized carbons (Fsp3) is 0.639. The second-order valence-electron chi connectivity index (χ2n) is 14.2. The van der Waals surface area contributed by atoms with E-state index in [1.54, 1.807) is 0 Å². The molecule has 5 atom stereocenters. The zero-order valence-electron chi connectivity index (χ0n) is 26.9. The van der Waals surface area contributed by atoms with Gasteiger partial charge < -0.3 is 19.0 Å². The van der Waals surface area contributed by atoms with Crippen LogP contribution in [0.4, 0.5) is 0 Å². The fourth-order valence-corrected chi connectivity index (χ4v) is 8.06. The van der Waals surface area contributed by atoms with Crippen molar-refractivity contribution in [3.8, 4) is 5.75 Å². The summed E-state index contributed by atoms with van der Waals surface area (Å²) >= 11 is 0. The van der Waals surface area contributed by atoms with Gasteiger partial charge in [-0.15, -0.1) is 0 Å². The second-order valence-corrected chi connectivity index (χ2v) is 19.0. The molecule has 0 amide bonds. The van der Waals surface area contributed by atoms with E-state index < -0.39 is 8.32 Å². The first kappa shape index (κ1) is 32.8. The molecule has 0 spiro atoms. The maximum absolute atomic E-state index is 12.5. The summed E-state index contributed by atoms with van der Waals surface area (Å²) in [6.45, 7) is 14.1. The van der Waals surface area contributed by atoms with E-state index in [-0.39, 0.29) is 36.4 Å². The number of ether oxygens (including phenoxy) is 2. The van der Waals surface area contributed by atoms with E-state index in [4.69, 9.17) is 13.9 Å². The summed E-state index contributed by atoms with van der Waals surface area (Å²) in [6, 6.07) is 16.0. The van der Waals surface area contributed by atoms with Crippen molar-refractivity contribution in [3.63, 3.8) is 0 Å². The normalized spacial score (nSPS) is 22.7. The van der Waals surface area contributed by atoms with Crippen LogP contribution >= 0.6 is 0 Å².